The van der Waals surface area contributed by atoms with Crippen molar-refractivity contribution >= 4 is 51.7 Å². The van der Waals surface area contributed by atoms with Gasteiger partial charge >= 0.3 is 0 Å². The van der Waals surface area contributed by atoms with E-state index in [1.54, 1.807) is 31.3 Å². The van der Waals surface area contributed by atoms with E-state index in [2.05, 4.69) is 26.6 Å². The van der Waals surface area contributed by atoms with Gasteiger partial charge in [-0.1, -0.05) is 17.7 Å². The van der Waals surface area contributed by atoms with Gasteiger partial charge in [-0.15, -0.1) is 24.0 Å². The van der Waals surface area contributed by atoms with Crippen LogP contribution in [0.2, 0.25) is 0 Å². The number of benzene rings is 1. The van der Waals surface area contributed by atoms with Gasteiger partial charge in [0.05, 0.1) is 4.90 Å². The lowest BCUT2D eigenvalue weighted by Crippen LogP contribution is -2.45. The van der Waals surface area contributed by atoms with Crippen LogP contribution < -0.4 is 15.4 Å². The molecule has 0 aliphatic heterocycles. The number of aliphatic imine (C=N–C) groups is 1. The highest BCUT2D eigenvalue weighted by Gasteiger charge is 2.24. The van der Waals surface area contributed by atoms with Crippen LogP contribution >= 0.6 is 35.7 Å². The van der Waals surface area contributed by atoms with E-state index in [0.29, 0.717) is 19.1 Å². The van der Waals surface area contributed by atoms with Crippen molar-refractivity contribution in [2.24, 2.45) is 4.99 Å². The molecule has 0 heterocycles. The highest BCUT2D eigenvalue weighted by Crippen LogP contribution is 2.27. The lowest BCUT2D eigenvalue weighted by molar-refractivity contribution is 0.578. The Morgan fingerprint density at radius 1 is 1.23 bits per heavy atom. The predicted molar refractivity (Wildman–Crippen MR) is 121 cm³/mol. The molecule has 0 bridgehead atoms. The lowest BCUT2D eigenvalue weighted by Gasteiger charge is -2.17. The second-order valence-electron chi connectivity index (χ2n) is 6.22. The van der Waals surface area contributed by atoms with Crippen molar-refractivity contribution in [1.82, 2.24) is 15.4 Å². The Morgan fingerprint density at radius 2 is 1.92 bits per heavy atom. The van der Waals surface area contributed by atoms with Gasteiger partial charge in [0.15, 0.2) is 5.96 Å². The number of nitrogens with one attached hydrogen (secondary N) is 3. The van der Waals surface area contributed by atoms with Gasteiger partial charge in [-0.25, -0.2) is 13.1 Å². The summed E-state index contributed by atoms with van der Waals surface area (Å²) >= 11 is 1.92. The number of nitrogens with zero attached hydrogens (tertiary/aromatic N) is 1. The highest BCUT2D eigenvalue weighted by molar-refractivity contribution is 14.0. The number of guanidine groups is 1. The molecule has 9 heteroatoms. The highest BCUT2D eigenvalue weighted by atomic mass is 127. The smallest absolute Gasteiger partial charge is 0.240 e. The van der Waals surface area contributed by atoms with Crippen molar-refractivity contribution in [2.45, 2.75) is 42.4 Å². The quantitative estimate of drug-likeness (QED) is 0.226. The molecular formula is C17H29IN4O2S2. The van der Waals surface area contributed by atoms with Crippen molar-refractivity contribution in [2.75, 3.05) is 26.4 Å². The van der Waals surface area contributed by atoms with E-state index in [0.717, 1.165) is 29.6 Å². The van der Waals surface area contributed by atoms with E-state index in [1.165, 1.54) is 6.42 Å². The van der Waals surface area contributed by atoms with Gasteiger partial charge in [0.2, 0.25) is 10.0 Å². The largest absolute Gasteiger partial charge is 0.355 e. The van der Waals surface area contributed by atoms with E-state index in [-0.39, 0.29) is 28.9 Å². The molecule has 0 aromatic heterocycles. The van der Waals surface area contributed by atoms with Gasteiger partial charge in [-0.05, 0) is 44.6 Å². The van der Waals surface area contributed by atoms with Crippen molar-refractivity contribution in [3.8, 4) is 0 Å². The standard InChI is InChI=1S/C17H28N4O2S2.HI/c1-13-4-8-16(9-5-13)25(22,23)20-11-10-19-17(18-2)21-14-6-7-15(12-14)24-3;/h4-5,8-9,14-15,20H,6-7,10-12H2,1-3H3,(H2,18,19,21);1H. The number of sulfonamides is 1. The first-order chi connectivity index (χ1) is 11.9. The molecule has 0 amide bonds. The van der Waals surface area contributed by atoms with E-state index in [1.807, 2.05) is 18.7 Å². The fourth-order valence-corrected chi connectivity index (χ4v) is 4.67. The molecule has 6 nitrogen and oxygen atoms in total. The maximum atomic E-state index is 12.2. The Hall–Kier alpha value is -0.520. The average Bonchev–Trinajstić information content (AvgIpc) is 3.05. The van der Waals surface area contributed by atoms with Gasteiger partial charge < -0.3 is 10.6 Å². The van der Waals surface area contributed by atoms with Crippen molar-refractivity contribution in [3.05, 3.63) is 29.8 Å². The SMILES string of the molecule is CN=C(NCCNS(=O)(=O)c1ccc(C)cc1)NC1CCC(SC)C1.I. The summed E-state index contributed by atoms with van der Waals surface area (Å²) in [5, 5.41) is 7.30. The number of halogens is 1. The molecule has 26 heavy (non-hydrogen) atoms. The monoisotopic (exact) mass is 512 g/mol. The van der Waals surface area contributed by atoms with Crippen molar-refractivity contribution in [3.63, 3.8) is 0 Å². The summed E-state index contributed by atoms with van der Waals surface area (Å²) < 4.78 is 27.0. The third-order valence-electron chi connectivity index (χ3n) is 4.32. The fourth-order valence-electron chi connectivity index (χ4n) is 2.84. The molecule has 1 aliphatic carbocycles. The number of thioether (sulfide) groups is 1. The minimum absolute atomic E-state index is 0. The Bertz CT molecular complexity index is 681. The summed E-state index contributed by atoms with van der Waals surface area (Å²) in [4.78, 5) is 4.50. The second-order valence-corrected chi connectivity index (χ2v) is 9.13. The average molecular weight is 512 g/mol. The third-order valence-corrected chi connectivity index (χ3v) is 6.89. The molecular weight excluding hydrogens is 483 g/mol. The first-order valence-corrected chi connectivity index (χ1v) is 11.3. The molecule has 2 rings (SSSR count). The molecule has 0 spiro atoms. The van der Waals surface area contributed by atoms with Crippen LogP contribution in [-0.2, 0) is 10.0 Å². The first-order valence-electron chi connectivity index (χ1n) is 8.51. The summed E-state index contributed by atoms with van der Waals surface area (Å²) in [6.07, 6.45) is 5.67. The number of hydrogen-bond donors (Lipinski definition) is 3. The van der Waals surface area contributed by atoms with E-state index < -0.39 is 10.0 Å². The molecule has 2 unspecified atom stereocenters. The van der Waals surface area contributed by atoms with Gasteiger partial charge in [0.25, 0.3) is 0 Å². The Balaban J connectivity index is 0.00000338. The summed E-state index contributed by atoms with van der Waals surface area (Å²) in [6, 6.07) is 7.26. The van der Waals surface area contributed by atoms with E-state index >= 15 is 0 Å². The topological polar surface area (TPSA) is 82.6 Å². The zero-order chi connectivity index (χ0) is 18.3. The van der Waals surface area contributed by atoms with Crippen LogP contribution in [0.1, 0.15) is 24.8 Å². The van der Waals surface area contributed by atoms with Gasteiger partial charge in [0, 0.05) is 31.4 Å². The lowest BCUT2D eigenvalue weighted by atomic mass is 10.2. The molecule has 1 aromatic carbocycles. The maximum absolute atomic E-state index is 12.2. The molecule has 2 atom stereocenters. The van der Waals surface area contributed by atoms with Crippen LogP contribution in [0, 0.1) is 6.92 Å². The third kappa shape index (κ3) is 7.24. The fraction of sp³-hybridized carbons (Fsp3) is 0.588. The predicted octanol–water partition coefficient (Wildman–Crippen LogP) is 2.34. The molecule has 1 aliphatic rings. The summed E-state index contributed by atoms with van der Waals surface area (Å²) in [5.74, 6) is 0.723. The first kappa shape index (κ1) is 23.5. The molecule has 3 N–H and O–H groups in total. The zero-order valence-corrected chi connectivity index (χ0v) is 19.5. The van der Waals surface area contributed by atoms with Crippen LogP contribution in [-0.4, -0.2) is 52.1 Å². The molecule has 0 radical (unpaired) electrons. The second kappa shape index (κ2) is 11.4. The van der Waals surface area contributed by atoms with Crippen LogP contribution in [0.5, 0.6) is 0 Å². The van der Waals surface area contributed by atoms with E-state index in [9.17, 15) is 8.42 Å². The van der Waals surface area contributed by atoms with Gasteiger partial charge in [0.1, 0.15) is 0 Å². The molecule has 0 saturated heterocycles. The maximum Gasteiger partial charge on any atom is 0.240 e. The molecule has 1 saturated carbocycles. The van der Waals surface area contributed by atoms with Crippen molar-refractivity contribution < 1.29 is 8.42 Å². The zero-order valence-electron chi connectivity index (χ0n) is 15.5. The minimum atomic E-state index is -3.47. The number of rotatable bonds is 7. The molecule has 148 valence electrons. The number of hydrogen-bond acceptors (Lipinski definition) is 4. The Labute approximate surface area is 178 Å². The minimum Gasteiger partial charge on any atom is -0.355 e. The van der Waals surface area contributed by atoms with Gasteiger partial charge in [-0.2, -0.15) is 11.8 Å². The summed E-state index contributed by atoms with van der Waals surface area (Å²) in [6.45, 7) is 2.70. The molecule has 1 aromatic rings. The van der Waals surface area contributed by atoms with Crippen LogP contribution in [0.25, 0.3) is 0 Å². The Kier molecular flexibility index (Phi) is 10.3. The van der Waals surface area contributed by atoms with Gasteiger partial charge in [-0.3, -0.25) is 4.99 Å². The molecule has 1 fully saturated rings. The normalized spacial score (nSPS) is 20.5. The van der Waals surface area contributed by atoms with Crippen LogP contribution in [0.3, 0.4) is 0 Å². The van der Waals surface area contributed by atoms with Crippen LogP contribution in [0.4, 0.5) is 0 Å². The van der Waals surface area contributed by atoms with Crippen molar-refractivity contribution in [1.29, 1.82) is 0 Å². The van der Waals surface area contributed by atoms with E-state index in [4.69, 9.17) is 0 Å². The van der Waals surface area contributed by atoms with Crippen LogP contribution in [0.15, 0.2) is 34.2 Å². The Morgan fingerprint density at radius 3 is 2.50 bits per heavy atom. The summed E-state index contributed by atoms with van der Waals surface area (Å²) in [7, 11) is -1.74. The summed E-state index contributed by atoms with van der Waals surface area (Å²) in [5.41, 5.74) is 1.03. The number of aryl methyl sites for hydroxylation is 1.